The Labute approximate surface area is 92.3 Å². The van der Waals surface area contributed by atoms with Gasteiger partial charge < -0.3 is 15.8 Å². The van der Waals surface area contributed by atoms with E-state index in [0.29, 0.717) is 12.0 Å². The van der Waals surface area contributed by atoms with E-state index in [9.17, 15) is 0 Å². The maximum Gasteiger partial charge on any atom is 0.188 e. The minimum atomic E-state index is 0.546. The van der Waals surface area contributed by atoms with Gasteiger partial charge in [0.25, 0.3) is 0 Å². The summed E-state index contributed by atoms with van der Waals surface area (Å²) < 4.78 is 4.94. The first-order chi connectivity index (χ1) is 7.33. The summed E-state index contributed by atoms with van der Waals surface area (Å²) in [6.45, 7) is 1.50. The topological polar surface area (TPSA) is 59.6 Å². The lowest BCUT2D eigenvalue weighted by atomic mass is 9.96. The van der Waals surface area contributed by atoms with Crippen LogP contribution in [0.1, 0.15) is 38.5 Å². The molecule has 0 atom stereocenters. The van der Waals surface area contributed by atoms with Gasteiger partial charge in [-0.1, -0.05) is 19.3 Å². The number of rotatable bonds is 5. The van der Waals surface area contributed by atoms with E-state index in [4.69, 9.17) is 10.5 Å². The van der Waals surface area contributed by atoms with E-state index in [0.717, 1.165) is 19.6 Å². The average Bonchev–Trinajstić information content (AvgIpc) is 2.26. The zero-order chi connectivity index (χ0) is 10.9. The van der Waals surface area contributed by atoms with Crippen molar-refractivity contribution >= 4 is 5.96 Å². The highest BCUT2D eigenvalue weighted by Crippen LogP contribution is 2.16. The molecule has 88 valence electrons. The van der Waals surface area contributed by atoms with Gasteiger partial charge in [-0.3, -0.25) is 4.99 Å². The fourth-order valence-corrected chi connectivity index (χ4v) is 1.91. The Balaban J connectivity index is 2.12. The van der Waals surface area contributed by atoms with Gasteiger partial charge in [0.1, 0.15) is 0 Å². The molecule has 1 rings (SSSR count). The number of hydrogen-bond donors (Lipinski definition) is 2. The molecule has 0 saturated heterocycles. The molecule has 0 aromatic rings. The second-order valence-corrected chi connectivity index (χ2v) is 4.09. The summed E-state index contributed by atoms with van der Waals surface area (Å²) in [6, 6.07) is 0.546. The normalized spacial score (nSPS) is 19.1. The van der Waals surface area contributed by atoms with Crippen LogP contribution in [0.2, 0.25) is 0 Å². The van der Waals surface area contributed by atoms with Crippen molar-refractivity contribution in [2.75, 3.05) is 20.3 Å². The molecule has 0 unspecified atom stereocenters. The molecule has 0 bridgehead atoms. The van der Waals surface area contributed by atoms with Crippen molar-refractivity contribution in [1.29, 1.82) is 0 Å². The number of guanidine groups is 1. The molecule has 1 fully saturated rings. The second kappa shape index (κ2) is 7.51. The van der Waals surface area contributed by atoms with Crippen LogP contribution in [0, 0.1) is 0 Å². The molecule has 15 heavy (non-hydrogen) atoms. The zero-order valence-corrected chi connectivity index (χ0v) is 9.67. The molecule has 0 amide bonds. The summed E-state index contributed by atoms with van der Waals surface area (Å²) in [5.41, 5.74) is 5.78. The number of aliphatic imine (C=N–C) groups is 1. The highest BCUT2D eigenvalue weighted by atomic mass is 16.5. The van der Waals surface area contributed by atoms with Crippen LogP contribution in [0.3, 0.4) is 0 Å². The number of hydrogen-bond acceptors (Lipinski definition) is 2. The summed E-state index contributed by atoms with van der Waals surface area (Å²) in [5.74, 6) is 0.595. The molecule has 0 heterocycles. The van der Waals surface area contributed by atoms with E-state index in [-0.39, 0.29) is 0 Å². The van der Waals surface area contributed by atoms with Gasteiger partial charge in [0.15, 0.2) is 5.96 Å². The maximum absolute atomic E-state index is 5.78. The van der Waals surface area contributed by atoms with E-state index < -0.39 is 0 Å². The fraction of sp³-hybridized carbons (Fsp3) is 0.909. The highest BCUT2D eigenvalue weighted by Gasteiger charge is 2.12. The van der Waals surface area contributed by atoms with Gasteiger partial charge in [0.05, 0.1) is 0 Å². The standard InChI is InChI=1S/C11H23N3O/c1-15-9-5-8-13-11(12)14-10-6-3-2-4-7-10/h10H,2-9H2,1H3,(H3,12,13,14). The Morgan fingerprint density at radius 3 is 2.80 bits per heavy atom. The van der Waals surface area contributed by atoms with Crippen molar-refractivity contribution < 1.29 is 4.74 Å². The van der Waals surface area contributed by atoms with Crippen molar-refractivity contribution in [2.45, 2.75) is 44.6 Å². The number of ether oxygens (including phenoxy) is 1. The number of methoxy groups -OCH3 is 1. The minimum absolute atomic E-state index is 0.546. The van der Waals surface area contributed by atoms with Crippen LogP contribution >= 0.6 is 0 Å². The average molecular weight is 213 g/mol. The van der Waals surface area contributed by atoms with Crippen LogP contribution in [-0.4, -0.2) is 32.3 Å². The second-order valence-electron chi connectivity index (χ2n) is 4.09. The lowest BCUT2D eigenvalue weighted by Gasteiger charge is -2.23. The van der Waals surface area contributed by atoms with Gasteiger partial charge in [0.2, 0.25) is 0 Å². The lowest BCUT2D eigenvalue weighted by Crippen LogP contribution is -2.41. The van der Waals surface area contributed by atoms with E-state index in [1.807, 2.05) is 0 Å². The van der Waals surface area contributed by atoms with E-state index in [1.165, 1.54) is 32.1 Å². The molecule has 1 saturated carbocycles. The van der Waals surface area contributed by atoms with Gasteiger partial charge in [-0.15, -0.1) is 0 Å². The maximum atomic E-state index is 5.78. The van der Waals surface area contributed by atoms with Crippen LogP contribution in [0.4, 0.5) is 0 Å². The van der Waals surface area contributed by atoms with Crippen LogP contribution in [0.5, 0.6) is 0 Å². The van der Waals surface area contributed by atoms with E-state index >= 15 is 0 Å². The SMILES string of the molecule is COCCCN=C(N)NC1CCCCC1. The molecule has 0 radical (unpaired) electrons. The van der Waals surface area contributed by atoms with Gasteiger partial charge in [0, 0.05) is 26.3 Å². The first kappa shape index (κ1) is 12.3. The number of nitrogens with zero attached hydrogens (tertiary/aromatic N) is 1. The Morgan fingerprint density at radius 2 is 2.13 bits per heavy atom. The Bertz CT molecular complexity index is 188. The largest absolute Gasteiger partial charge is 0.385 e. The van der Waals surface area contributed by atoms with Gasteiger partial charge >= 0.3 is 0 Å². The van der Waals surface area contributed by atoms with Gasteiger partial charge in [-0.25, -0.2) is 0 Å². The molecule has 4 nitrogen and oxygen atoms in total. The third kappa shape index (κ3) is 5.62. The quantitative estimate of drug-likeness (QED) is 0.410. The molecule has 0 spiro atoms. The van der Waals surface area contributed by atoms with Gasteiger partial charge in [-0.05, 0) is 19.3 Å². The molecule has 1 aliphatic carbocycles. The monoisotopic (exact) mass is 213 g/mol. The summed E-state index contributed by atoms with van der Waals surface area (Å²) in [5, 5.41) is 3.28. The summed E-state index contributed by atoms with van der Waals surface area (Å²) in [7, 11) is 1.70. The van der Waals surface area contributed by atoms with Crippen LogP contribution in [0.15, 0.2) is 4.99 Å². The third-order valence-electron chi connectivity index (χ3n) is 2.75. The Kier molecular flexibility index (Phi) is 6.16. The molecule has 4 heteroatoms. The smallest absolute Gasteiger partial charge is 0.188 e. The lowest BCUT2D eigenvalue weighted by molar-refractivity contribution is 0.197. The predicted octanol–water partition coefficient (Wildman–Crippen LogP) is 1.26. The molecule has 0 aromatic carbocycles. The van der Waals surface area contributed by atoms with Crippen molar-refractivity contribution in [3.05, 3.63) is 0 Å². The summed E-state index contributed by atoms with van der Waals surface area (Å²) in [6.07, 6.45) is 7.39. The van der Waals surface area contributed by atoms with E-state index in [1.54, 1.807) is 7.11 Å². The number of nitrogens with two attached hydrogens (primary N) is 1. The molecule has 1 aliphatic rings. The summed E-state index contributed by atoms with van der Waals surface area (Å²) >= 11 is 0. The van der Waals surface area contributed by atoms with Gasteiger partial charge in [-0.2, -0.15) is 0 Å². The van der Waals surface area contributed by atoms with Crippen LogP contribution < -0.4 is 11.1 Å². The van der Waals surface area contributed by atoms with Crippen molar-refractivity contribution in [2.24, 2.45) is 10.7 Å². The molecule has 3 N–H and O–H groups in total. The molecule has 0 aromatic heterocycles. The predicted molar refractivity (Wildman–Crippen MR) is 63.0 cm³/mol. The Hall–Kier alpha value is -0.770. The first-order valence-corrected chi connectivity index (χ1v) is 5.88. The van der Waals surface area contributed by atoms with Crippen LogP contribution in [-0.2, 0) is 4.74 Å². The third-order valence-corrected chi connectivity index (χ3v) is 2.75. The highest BCUT2D eigenvalue weighted by molar-refractivity contribution is 5.78. The number of nitrogens with one attached hydrogen (secondary N) is 1. The molecular formula is C11H23N3O. The molecule has 0 aliphatic heterocycles. The fourth-order valence-electron chi connectivity index (χ4n) is 1.91. The Morgan fingerprint density at radius 1 is 1.40 bits per heavy atom. The summed E-state index contributed by atoms with van der Waals surface area (Å²) in [4.78, 5) is 4.26. The molecular weight excluding hydrogens is 190 g/mol. The van der Waals surface area contributed by atoms with Crippen molar-refractivity contribution in [3.8, 4) is 0 Å². The zero-order valence-electron chi connectivity index (χ0n) is 9.67. The minimum Gasteiger partial charge on any atom is -0.385 e. The van der Waals surface area contributed by atoms with Crippen LogP contribution in [0.25, 0.3) is 0 Å². The van der Waals surface area contributed by atoms with Crippen molar-refractivity contribution in [3.63, 3.8) is 0 Å². The first-order valence-electron chi connectivity index (χ1n) is 5.88. The van der Waals surface area contributed by atoms with E-state index in [2.05, 4.69) is 10.3 Å². The van der Waals surface area contributed by atoms with Crippen molar-refractivity contribution in [1.82, 2.24) is 5.32 Å².